The Bertz CT molecular complexity index is 333. The number of aromatic hydroxyl groups is 1. The summed E-state index contributed by atoms with van der Waals surface area (Å²) >= 11 is 0. The van der Waals surface area contributed by atoms with Crippen LogP contribution in [0.2, 0.25) is 0 Å². The molecule has 20 heavy (non-hydrogen) atoms. The molecular formula is C17H31NO2. The van der Waals surface area contributed by atoms with E-state index in [0.717, 1.165) is 12.1 Å². The molecule has 0 aliphatic carbocycles. The fourth-order valence-corrected chi connectivity index (χ4v) is 1.63. The summed E-state index contributed by atoms with van der Waals surface area (Å²) < 4.78 is 0. The fourth-order valence-electron chi connectivity index (χ4n) is 1.63. The summed E-state index contributed by atoms with van der Waals surface area (Å²) in [6, 6.07) is 7.06. The van der Waals surface area contributed by atoms with Crippen LogP contribution in [-0.4, -0.2) is 17.4 Å². The van der Waals surface area contributed by atoms with E-state index >= 15 is 0 Å². The summed E-state index contributed by atoms with van der Waals surface area (Å²) in [6.45, 7) is 12.7. The molecule has 0 aliphatic heterocycles. The van der Waals surface area contributed by atoms with E-state index in [2.05, 4.69) is 5.32 Å². The van der Waals surface area contributed by atoms with Gasteiger partial charge in [0.1, 0.15) is 11.5 Å². The van der Waals surface area contributed by atoms with Gasteiger partial charge in [0.05, 0.1) is 0 Å². The van der Waals surface area contributed by atoms with E-state index in [-0.39, 0.29) is 17.6 Å². The van der Waals surface area contributed by atoms with Crippen LogP contribution in [0.3, 0.4) is 0 Å². The van der Waals surface area contributed by atoms with E-state index in [0.29, 0.717) is 12.8 Å². The van der Waals surface area contributed by atoms with Crippen molar-refractivity contribution < 1.29 is 9.90 Å². The van der Waals surface area contributed by atoms with Gasteiger partial charge in [-0.05, 0) is 24.2 Å². The van der Waals surface area contributed by atoms with E-state index in [4.69, 9.17) is 0 Å². The highest BCUT2D eigenvalue weighted by Crippen LogP contribution is 2.20. The molecule has 0 bridgehead atoms. The molecule has 0 saturated heterocycles. The van der Waals surface area contributed by atoms with Crippen molar-refractivity contribution in [2.24, 2.45) is 0 Å². The molecule has 1 aromatic carbocycles. The molecule has 1 atom stereocenters. The molecule has 0 saturated carbocycles. The first-order valence-corrected chi connectivity index (χ1v) is 7.71. The minimum Gasteiger partial charge on any atom is -0.508 e. The van der Waals surface area contributed by atoms with Crippen LogP contribution in [0.15, 0.2) is 24.3 Å². The summed E-state index contributed by atoms with van der Waals surface area (Å²) in [7, 11) is 0. The lowest BCUT2D eigenvalue weighted by atomic mass is 10.0. The maximum Gasteiger partial charge on any atom is 0.134 e. The molecule has 3 nitrogen and oxygen atoms in total. The molecule has 0 amide bonds. The molecule has 1 rings (SSSR count). The van der Waals surface area contributed by atoms with Crippen LogP contribution in [0, 0.1) is 0 Å². The third-order valence-electron chi connectivity index (χ3n) is 2.57. The lowest BCUT2D eigenvalue weighted by Crippen LogP contribution is -2.23. The summed E-state index contributed by atoms with van der Waals surface area (Å²) in [5, 5.41) is 12.5. The second-order valence-electron chi connectivity index (χ2n) is 3.80. The lowest BCUT2D eigenvalue weighted by Gasteiger charge is -2.17. The number of hydrogen-bond acceptors (Lipinski definition) is 3. The van der Waals surface area contributed by atoms with Gasteiger partial charge < -0.3 is 10.4 Å². The summed E-state index contributed by atoms with van der Waals surface area (Å²) in [5.74, 6) is 0.500. The van der Waals surface area contributed by atoms with Crippen LogP contribution >= 0.6 is 0 Å². The quantitative estimate of drug-likeness (QED) is 0.809. The highest BCUT2D eigenvalue weighted by molar-refractivity contribution is 5.78. The first-order chi connectivity index (χ1) is 9.67. The van der Waals surface area contributed by atoms with Gasteiger partial charge >= 0.3 is 0 Å². The standard InChI is InChI=1S/C13H19NO2.2C2H6/c1-3-11(15)9-13(14-4-2)10-5-7-12(16)8-6-10;2*1-2/h5-8,13-14,16H,3-4,9H2,1-2H3;2*1-2H3. The molecular weight excluding hydrogens is 250 g/mol. The summed E-state index contributed by atoms with van der Waals surface area (Å²) in [4.78, 5) is 11.4. The number of carbonyl (C=O) groups excluding carboxylic acids is 1. The van der Waals surface area contributed by atoms with Crippen LogP contribution in [0.1, 0.15) is 66.0 Å². The number of Topliss-reactive ketones (excluding diaryl/α,β-unsaturated/α-hetero) is 1. The molecule has 3 heteroatoms. The van der Waals surface area contributed by atoms with Gasteiger partial charge in [0.15, 0.2) is 0 Å². The van der Waals surface area contributed by atoms with Gasteiger partial charge in [0, 0.05) is 18.9 Å². The smallest absolute Gasteiger partial charge is 0.134 e. The molecule has 0 aliphatic rings. The van der Waals surface area contributed by atoms with Crippen molar-refractivity contribution in [1.29, 1.82) is 0 Å². The number of hydrogen-bond donors (Lipinski definition) is 2. The zero-order valence-corrected chi connectivity index (χ0v) is 13.9. The predicted molar refractivity (Wildman–Crippen MR) is 87.1 cm³/mol. The van der Waals surface area contributed by atoms with Gasteiger partial charge in [0.2, 0.25) is 0 Å². The predicted octanol–water partition coefficient (Wildman–Crippen LogP) is 4.46. The van der Waals surface area contributed by atoms with Crippen LogP contribution in [0.5, 0.6) is 5.75 Å². The Kier molecular flexibility index (Phi) is 14.7. The highest BCUT2D eigenvalue weighted by atomic mass is 16.3. The van der Waals surface area contributed by atoms with E-state index in [1.165, 1.54) is 0 Å². The zero-order chi connectivity index (χ0) is 16.0. The van der Waals surface area contributed by atoms with Gasteiger partial charge in [-0.1, -0.05) is 53.7 Å². The van der Waals surface area contributed by atoms with Crippen LogP contribution < -0.4 is 5.32 Å². The Hall–Kier alpha value is -1.35. The fraction of sp³-hybridized carbons (Fsp3) is 0.588. The number of ketones is 1. The summed E-state index contributed by atoms with van der Waals surface area (Å²) in [6.07, 6.45) is 1.08. The minimum absolute atomic E-state index is 0.0537. The van der Waals surface area contributed by atoms with Crippen molar-refractivity contribution >= 4 is 5.78 Å². The van der Waals surface area contributed by atoms with Crippen LogP contribution in [0.25, 0.3) is 0 Å². The second kappa shape index (κ2) is 14.1. The average molecular weight is 281 g/mol. The molecule has 116 valence electrons. The van der Waals surface area contributed by atoms with Gasteiger partial charge in [-0.25, -0.2) is 0 Å². The maximum absolute atomic E-state index is 11.4. The average Bonchev–Trinajstić information content (AvgIpc) is 2.51. The molecule has 0 spiro atoms. The molecule has 0 aromatic heterocycles. The number of carbonyl (C=O) groups is 1. The minimum atomic E-state index is 0.0537. The SMILES string of the molecule is CC.CC.CCNC(CC(=O)CC)c1ccc(O)cc1. The highest BCUT2D eigenvalue weighted by Gasteiger charge is 2.13. The van der Waals surface area contributed by atoms with E-state index < -0.39 is 0 Å². The van der Waals surface area contributed by atoms with Crippen molar-refractivity contribution in [3.8, 4) is 5.75 Å². The zero-order valence-electron chi connectivity index (χ0n) is 13.9. The Morgan fingerprint density at radius 3 is 2.00 bits per heavy atom. The van der Waals surface area contributed by atoms with Crippen molar-refractivity contribution in [2.45, 2.75) is 60.4 Å². The Morgan fingerprint density at radius 1 is 1.10 bits per heavy atom. The number of phenols is 1. The van der Waals surface area contributed by atoms with Gasteiger partial charge in [0.25, 0.3) is 0 Å². The van der Waals surface area contributed by atoms with Crippen LogP contribution in [0.4, 0.5) is 0 Å². The molecule has 0 heterocycles. The van der Waals surface area contributed by atoms with Crippen molar-refractivity contribution in [1.82, 2.24) is 5.32 Å². The third kappa shape index (κ3) is 8.70. The largest absolute Gasteiger partial charge is 0.508 e. The number of rotatable bonds is 6. The van der Waals surface area contributed by atoms with E-state index in [9.17, 15) is 9.90 Å². The maximum atomic E-state index is 11.4. The van der Waals surface area contributed by atoms with Gasteiger partial charge in [-0.2, -0.15) is 0 Å². The van der Waals surface area contributed by atoms with Crippen molar-refractivity contribution in [3.05, 3.63) is 29.8 Å². The van der Waals surface area contributed by atoms with E-state index in [1.807, 2.05) is 53.7 Å². The number of nitrogens with one attached hydrogen (secondary N) is 1. The van der Waals surface area contributed by atoms with Crippen LogP contribution in [-0.2, 0) is 4.79 Å². The molecule has 2 N–H and O–H groups in total. The summed E-state index contributed by atoms with van der Waals surface area (Å²) in [5.41, 5.74) is 1.04. The van der Waals surface area contributed by atoms with E-state index in [1.54, 1.807) is 12.1 Å². The van der Waals surface area contributed by atoms with Gasteiger partial charge in [-0.3, -0.25) is 4.79 Å². The number of benzene rings is 1. The first-order valence-electron chi connectivity index (χ1n) is 7.71. The third-order valence-corrected chi connectivity index (χ3v) is 2.57. The van der Waals surface area contributed by atoms with Crippen molar-refractivity contribution in [2.75, 3.05) is 6.54 Å². The Balaban J connectivity index is 0. The second-order valence-corrected chi connectivity index (χ2v) is 3.80. The van der Waals surface area contributed by atoms with Gasteiger partial charge in [-0.15, -0.1) is 0 Å². The normalized spacial score (nSPS) is 10.5. The monoisotopic (exact) mass is 281 g/mol. The Labute approximate surface area is 124 Å². The molecule has 0 fully saturated rings. The lowest BCUT2D eigenvalue weighted by molar-refractivity contribution is -0.119. The topological polar surface area (TPSA) is 49.3 Å². The first kappa shape index (κ1) is 21.0. The molecule has 1 aromatic rings. The Morgan fingerprint density at radius 2 is 1.60 bits per heavy atom. The molecule has 1 unspecified atom stereocenters. The van der Waals surface area contributed by atoms with Crippen molar-refractivity contribution in [3.63, 3.8) is 0 Å². The number of phenolic OH excluding ortho intramolecular Hbond substituents is 1. The molecule has 0 radical (unpaired) electrons.